The third-order valence-corrected chi connectivity index (χ3v) is 2.02. The van der Waals surface area contributed by atoms with E-state index in [4.69, 9.17) is 9.84 Å². The second-order valence-electron chi connectivity index (χ2n) is 3.12. The average Bonchev–Trinajstić information content (AvgIpc) is 2.40. The number of nitrogens with zero attached hydrogens (tertiary/aromatic N) is 1. The highest BCUT2D eigenvalue weighted by Crippen LogP contribution is 2.12. The molecule has 1 N–H and O–H groups in total. The first-order valence-electron chi connectivity index (χ1n) is 4.24. The standard InChI is InChI=1S/C8H17NO2/c1-9(4-5-10)7-8-3-2-6-11-8/h8,10H,2-7H2,1H3/t8-/m0/s1. The summed E-state index contributed by atoms with van der Waals surface area (Å²) in [7, 11) is 2.01. The van der Waals surface area contributed by atoms with Crippen molar-refractivity contribution in [3.05, 3.63) is 0 Å². The minimum Gasteiger partial charge on any atom is -0.395 e. The molecule has 1 atom stereocenters. The summed E-state index contributed by atoms with van der Waals surface area (Å²) in [6.07, 6.45) is 2.78. The van der Waals surface area contributed by atoms with Gasteiger partial charge in [0.2, 0.25) is 0 Å². The van der Waals surface area contributed by atoms with Crippen LogP contribution in [0.15, 0.2) is 0 Å². The molecule has 66 valence electrons. The van der Waals surface area contributed by atoms with Crippen molar-refractivity contribution >= 4 is 0 Å². The summed E-state index contributed by atoms with van der Waals surface area (Å²) in [5.74, 6) is 0. The van der Waals surface area contributed by atoms with Gasteiger partial charge in [0, 0.05) is 19.7 Å². The number of hydrogen-bond donors (Lipinski definition) is 1. The number of aliphatic hydroxyl groups is 1. The van der Waals surface area contributed by atoms with Gasteiger partial charge in [-0.25, -0.2) is 0 Å². The van der Waals surface area contributed by atoms with Crippen molar-refractivity contribution in [1.29, 1.82) is 0 Å². The minimum absolute atomic E-state index is 0.239. The van der Waals surface area contributed by atoms with Crippen molar-refractivity contribution in [3.63, 3.8) is 0 Å². The Morgan fingerprint density at radius 2 is 2.45 bits per heavy atom. The molecule has 0 radical (unpaired) electrons. The number of hydrogen-bond acceptors (Lipinski definition) is 3. The Morgan fingerprint density at radius 1 is 1.64 bits per heavy atom. The van der Waals surface area contributed by atoms with Gasteiger partial charge in [-0.15, -0.1) is 0 Å². The molecule has 1 saturated heterocycles. The third-order valence-electron chi connectivity index (χ3n) is 2.02. The number of likely N-dealkylation sites (N-methyl/N-ethyl adjacent to an activating group) is 1. The van der Waals surface area contributed by atoms with E-state index < -0.39 is 0 Å². The van der Waals surface area contributed by atoms with E-state index in [0.717, 1.165) is 19.7 Å². The lowest BCUT2D eigenvalue weighted by Gasteiger charge is -2.18. The molecule has 1 fully saturated rings. The first-order chi connectivity index (χ1) is 5.33. The molecule has 0 saturated carbocycles. The fraction of sp³-hybridized carbons (Fsp3) is 1.00. The molecule has 1 aliphatic rings. The summed E-state index contributed by atoms with van der Waals surface area (Å²) >= 11 is 0. The van der Waals surface area contributed by atoms with Crippen LogP contribution in [0.3, 0.4) is 0 Å². The Labute approximate surface area is 68.0 Å². The van der Waals surface area contributed by atoms with Crippen LogP contribution in [0, 0.1) is 0 Å². The fourth-order valence-electron chi connectivity index (χ4n) is 1.40. The largest absolute Gasteiger partial charge is 0.395 e. The van der Waals surface area contributed by atoms with Crippen molar-refractivity contribution in [1.82, 2.24) is 4.90 Å². The van der Waals surface area contributed by atoms with E-state index in [9.17, 15) is 0 Å². The molecule has 0 aromatic heterocycles. The zero-order chi connectivity index (χ0) is 8.10. The van der Waals surface area contributed by atoms with Gasteiger partial charge in [-0.05, 0) is 19.9 Å². The highest BCUT2D eigenvalue weighted by Gasteiger charge is 2.16. The Hall–Kier alpha value is -0.120. The SMILES string of the molecule is CN(CCO)C[C@@H]1CCCO1. The molecule has 3 nitrogen and oxygen atoms in total. The van der Waals surface area contributed by atoms with Crippen LogP contribution in [0.25, 0.3) is 0 Å². The van der Waals surface area contributed by atoms with Crippen LogP contribution in [0.4, 0.5) is 0 Å². The molecule has 0 spiro atoms. The predicted molar refractivity (Wildman–Crippen MR) is 43.6 cm³/mol. The van der Waals surface area contributed by atoms with E-state index in [2.05, 4.69) is 4.90 Å². The quantitative estimate of drug-likeness (QED) is 0.631. The number of rotatable bonds is 4. The fourth-order valence-corrected chi connectivity index (χ4v) is 1.40. The van der Waals surface area contributed by atoms with Crippen LogP contribution in [-0.2, 0) is 4.74 Å². The molecule has 11 heavy (non-hydrogen) atoms. The van der Waals surface area contributed by atoms with Crippen LogP contribution in [-0.4, -0.2) is 49.5 Å². The van der Waals surface area contributed by atoms with E-state index in [0.29, 0.717) is 6.10 Å². The molecule has 0 aliphatic carbocycles. The van der Waals surface area contributed by atoms with E-state index in [1.165, 1.54) is 12.8 Å². The Balaban J connectivity index is 2.08. The van der Waals surface area contributed by atoms with Crippen LogP contribution >= 0.6 is 0 Å². The third kappa shape index (κ3) is 3.18. The zero-order valence-corrected chi connectivity index (χ0v) is 7.12. The molecular formula is C8H17NO2. The minimum atomic E-state index is 0.239. The molecule has 1 heterocycles. The van der Waals surface area contributed by atoms with Gasteiger partial charge in [-0.2, -0.15) is 0 Å². The smallest absolute Gasteiger partial charge is 0.0702 e. The van der Waals surface area contributed by atoms with E-state index in [1.54, 1.807) is 0 Å². The summed E-state index contributed by atoms with van der Waals surface area (Å²) in [4.78, 5) is 2.11. The van der Waals surface area contributed by atoms with Crippen molar-refractivity contribution < 1.29 is 9.84 Å². The van der Waals surface area contributed by atoms with Gasteiger partial charge in [0.25, 0.3) is 0 Å². The molecular weight excluding hydrogens is 142 g/mol. The van der Waals surface area contributed by atoms with Crippen LogP contribution in [0.1, 0.15) is 12.8 Å². The topological polar surface area (TPSA) is 32.7 Å². The zero-order valence-electron chi connectivity index (χ0n) is 7.12. The van der Waals surface area contributed by atoms with Gasteiger partial charge in [-0.1, -0.05) is 0 Å². The molecule has 0 aromatic rings. The normalized spacial score (nSPS) is 24.8. The van der Waals surface area contributed by atoms with Crippen molar-refractivity contribution in [2.24, 2.45) is 0 Å². The molecule has 0 aromatic carbocycles. The van der Waals surface area contributed by atoms with Crippen LogP contribution in [0.5, 0.6) is 0 Å². The maximum absolute atomic E-state index is 8.63. The lowest BCUT2D eigenvalue weighted by Crippen LogP contribution is -2.30. The predicted octanol–water partition coefficient (Wildman–Crippen LogP) is 0.0895. The maximum Gasteiger partial charge on any atom is 0.0702 e. The lowest BCUT2D eigenvalue weighted by molar-refractivity contribution is 0.0759. The summed E-state index contributed by atoms with van der Waals surface area (Å²) < 4.78 is 5.45. The average molecular weight is 159 g/mol. The van der Waals surface area contributed by atoms with Gasteiger partial charge in [-0.3, -0.25) is 0 Å². The summed E-state index contributed by atoms with van der Waals surface area (Å²) in [5.41, 5.74) is 0. The summed E-state index contributed by atoms with van der Waals surface area (Å²) in [6, 6.07) is 0. The highest BCUT2D eigenvalue weighted by atomic mass is 16.5. The molecule has 0 unspecified atom stereocenters. The highest BCUT2D eigenvalue weighted by molar-refractivity contribution is 4.68. The Morgan fingerprint density at radius 3 is 3.00 bits per heavy atom. The van der Waals surface area contributed by atoms with E-state index in [1.807, 2.05) is 7.05 Å². The lowest BCUT2D eigenvalue weighted by atomic mass is 10.2. The second kappa shape index (κ2) is 4.70. The number of ether oxygens (including phenoxy) is 1. The van der Waals surface area contributed by atoms with Gasteiger partial charge in [0.15, 0.2) is 0 Å². The molecule has 1 aliphatic heterocycles. The van der Waals surface area contributed by atoms with Crippen LogP contribution < -0.4 is 0 Å². The molecule has 0 amide bonds. The molecule has 3 heteroatoms. The van der Waals surface area contributed by atoms with Crippen molar-refractivity contribution in [3.8, 4) is 0 Å². The molecule has 0 bridgehead atoms. The van der Waals surface area contributed by atoms with Gasteiger partial charge in [0.1, 0.15) is 0 Å². The van der Waals surface area contributed by atoms with Crippen molar-refractivity contribution in [2.75, 3.05) is 33.4 Å². The first-order valence-corrected chi connectivity index (χ1v) is 4.24. The number of aliphatic hydroxyl groups excluding tert-OH is 1. The summed E-state index contributed by atoms with van der Waals surface area (Å²) in [5, 5.41) is 8.63. The van der Waals surface area contributed by atoms with Gasteiger partial charge in [0.05, 0.1) is 12.7 Å². The molecule has 1 rings (SSSR count). The van der Waals surface area contributed by atoms with Crippen LogP contribution in [0.2, 0.25) is 0 Å². The van der Waals surface area contributed by atoms with Gasteiger partial charge >= 0.3 is 0 Å². The second-order valence-corrected chi connectivity index (χ2v) is 3.12. The van der Waals surface area contributed by atoms with E-state index >= 15 is 0 Å². The Bertz CT molecular complexity index is 102. The maximum atomic E-state index is 8.63. The monoisotopic (exact) mass is 159 g/mol. The van der Waals surface area contributed by atoms with Crippen molar-refractivity contribution in [2.45, 2.75) is 18.9 Å². The first kappa shape index (κ1) is 8.97. The van der Waals surface area contributed by atoms with E-state index in [-0.39, 0.29) is 6.61 Å². The Kier molecular flexibility index (Phi) is 3.83. The summed E-state index contributed by atoms with van der Waals surface area (Å²) in [6.45, 7) is 2.86. The van der Waals surface area contributed by atoms with Gasteiger partial charge < -0.3 is 14.7 Å².